The SMILES string of the molecule is NCCC(=O)/C=C/C(=O)O. The molecule has 0 aliphatic carbocycles. The van der Waals surface area contributed by atoms with E-state index in [9.17, 15) is 9.59 Å². The third-order valence-corrected chi connectivity index (χ3v) is 0.803. The Morgan fingerprint density at radius 1 is 1.40 bits per heavy atom. The predicted octanol–water partition coefficient (Wildman–Crippen LogP) is -0.455. The molecule has 0 rings (SSSR count). The van der Waals surface area contributed by atoms with Crippen LogP contribution in [0.2, 0.25) is 0 Å². The Morgan fingerprint density at radius 2 is 2.00 bits per heavy atom. The van der Waals surface area contributed by atoms with Crippen LogP contribution in [0, 0.1) is 0 Å². The summed E-state index contributed by atoms with van der Waals surface area (Å²) in [6.45, 7) is 0.253. The summed E-state index contributed by atoms with van der Waals surface area (Å²) in [7, 11) is 0. The predicted molar refractivity (Wildman–Crippen MR) is 35.5 cm³/mol. The number of ketones is 1. The van der Waals surface area contributed by atoms with Gasteiger partial charge in [-0.25, -0.2) is 4.79 Å². The normalized spacial score (nSPS) is 10.1. The summed E-state index contributed by atoms with van der Waals surface area (Å²) in [6, 6.07) is 0. The van der Waals surface area contributed by atoms with Crippen LogP contribution in [0.1, 0.15) is 6.42 Å². The van der Waals surface area contributed by atoms with E-state index in [2.05, 4.69) is 0 Å². The minimum Gasteiger partial charge on any atom is -0.478 e. The lowest BCUT2D eigenvalue weighted by Gasteiger charge is -1.86. The molecule has 0 aliphatic rings. The van der Waals surface area contributed by atoms with Gasteiger partial charge in [0, 0.05) is 12.5 Å². The molecule has 0 saturated carbocycles. The van der Waals surface area contributed by atoms with Crippen LogP contribution in [-0.2, 0) is 9.59 Å². The van der Waals surface area contributed by atoms with E-state index >= 15 is 0 Å². The Kier molecular flexibility index (Phi) is 4.15. The molecule has 0 aromatic rings. The van der Waals surface area contributed by atoms with Gasteiger partial charge in [-0.05, 0) is 12.6 Å². The van der Waals surface area contributed by atoms with Crippen LogP contribution >= 0.6 is 0 Å². The molecule has 0 heterocycles. The van der Waals surface area contributed by atoms with Gasteiger partial charge in [-0.1, -0.05) is 0 Å². The van der Waals surface area contributed by atoms with Gasteiger partial charge in [-0.3, -0.25) is 4.79 Å². The third-order valence-electron chi connectivity index (χ3n) is 0.803. The second-order valence-corrected chi connectivity index (χ2v) is 1.68. The van der Waals surface area contributed by atoms with Crippen LogP contribution in [0.3, 0.4) is 0 Å². The number of carbonyl (C=O) groups is 2. The lowest BCUT2D eigenvalue weighted by molar-refractivity contribution is -0.131. The van der Waals surface area contributed by atoms with Gasteiger partial charge < -0.3 is 10.8 Å². The fourth-order valence-corrected chi connectivity index (χ4v) is 0.390. The topological polar surface area (TPSA) is 80.4 Å². The van der Waals surface area contributed by atoms with Crippen LogP contribution in [-0.4, -0.2) is 23.4 Å². The first-order valence-electron chi connectivity index (χ1n) is 2.80. The molecular weight excluding hydrogens is 134 g/mol. The quantitative estimate of drug-likeness (QED) is 0.522. The number of nitrogens with two attached hydrogens (primary N) is 1. The Morgan fingerprint density at radius 3 is 2.40 bits per heavy atom. The number of aliphatic carboxylic acids is 1. The first kappa shape index (κ1) is 8.84. The van der Waals surface area contributed by atoms with Crippen molar-refractivity contribution < 1.29 is 14.7 Å². The van der Waals surface area contributed by atoms with Crippen molar-refractivity contribution in [2.24, 2.45) is 5.73 Å². The van der Waals surface area contributed by atoms with Crippen LogP contribution in [0.4, 0.5) is 0 Å². The lowest BCUT2D eigenvalue weighted by atomic mass is 10.2. The van der Waals surface area contributed by atoms with Gasteiger partial charge in [0.1, 0.15) is 0 Å². The van der Waals surface area contributed by atoms with Gasteiger partial charge >= 0.3 is 5.97 Å². The van der Waals surface area contributed by atoms with Crippen molar-refractivity contribution in [3.63, 3.8) is 0 Å². The van der Waals surface area contributed by atoms with Gasteiger partial charge in [-0.2, -0.15) is 0 Å². The zero-order valence-electron chi connectivity index (χ0n) is 5.41. The highest BCUT2D eigenvalue weighted by Gasteiger charge is 1.93. The maximum absolute atomic E-state index is 10.5. The maximum atomic E-state index is 10.5. The molecule has 0 atom stereocenters. The molecule has 56 valence electrons. The summed E-state index contributed by atoms with van der Waals surface area (Å²) in [5.41, 5.74) is 5.03. The molecule has 0 saturated heterocycles. The van der Waals surface area contributed by atoms with Crippen LogP contribution < -0.4 is 5.73 Å². The summed E-state index contributed by atoms with van der Waals surface area (Å²) in [5, 5.41) is 8.06. The minimum atomic E-state index is -1.12. The van der Waals surface area contributed by atoms with E-state index < -0.39 is 5.97 Å². The van der Waals surface area contributed by atoms with Crippen LogP contribution in [0.25, 0.3) is 0 Å². The lowest BCUT2D eigenvalue weighted by Crippen LogP contribution is -2.05. The zero-order chi connectivity index (χ0) is 7.98. The van der Waals surface area contributed by atoms with Crippen molar-refractivity contribution >= 4 is 11.8 Å². The molecule has 0 aromatic carbocycles. The molecule has 3 N–H and O–H groups in total. The molecule has 4 nitrogen and oxygen atoms in total. The Hall–Kier alpha value is -1.16. The maximum Gasteiger partial charge on any atom is 0.328 e. The molecular formula is C6H9NO3. The standard InChI is InChI=1S/C6H9NO3/c7-4-3-5(8)1-2-6(9)10/h1-2H,3-4,7H2,(H,9,10)/b2-1+. The molecule has 0 aliphatic heterocycles. The largest absolute Gasteiger partial charge is 0.478 e. The first-order chi connectivity index (χ1) is 4.66. The molecule has 0 radical (unpaired) electrons. The Labute approximate surface area is 58.3 Å². The van der Waals surface area contributed by atoms with Gasteiger partial charge in [0.15, 0.2) is 5.78 Å². The second-order valence-electron chi connectivity index (χ2n) is 1.68. The number of carbonyl (C=O) groups excluding carboxylic acids is 1. The molecule has 10 heavy (non-hydrogen) atoms. The van der Waals surface area contributed by atoms with Crippen molar-refractivity contribution in [3.05, 3.63) is 12.2 Å². The average molecular weight is 143 g/mol. The molecule has 4 heteroatoms. The molecule has 0 unspecified atom stereocenters. The number of allylic oxidation sites excluding steroid dienone is 1. The van der Waals surface area contributed by atoms with E-state index in [1.54, 1.807) is 0 Å². The molecule has 0 bridgehead atoms. The second kappa shape index (κ2) is 4.69. The summed E-state index contributed by atoms with van der Waals surface area (Å²) in [5.74, 6) is -1.38. The highest BCUT2D eigenvalue weighted by Crippen LogP contribution is 1.82. The van der Waals surface area contributed by atoms with Gasteiger partial charge in [-0.15, -0.1) is 0 Å². The van der Waals surface area contributed by atoms with Crippen molar-refractivity contribution in [2.75, 3.05) is 6.54 Å². The Balaban J connectivity index is 3.67. The zero-order valence-corrected chi connectivity index (χ0v) is 5.41. The monoisotopic (exact) mass is 143 g/mol. The summed E-state index contributed by atoms with van der Waals surface area (Å²) in [6.07, 6.45) is 2.01. The molecule has 0 amide bonds. The Bertz CT molecular complexity index is 162. The summed E-state index contributed by atoms with van der Waals surface area (Å²) >= 11 is 0. The molecule has 0 fully saturated rings. The van der Waals surface area contributed by atoms with E-state index in [1.165, 1.54) is 0 Å². The third kappa shape index (κ3) is 4.99. The number of rotatable bonds is 4. The average Bonchev–Trinajstić information content (AvgIpc) is 1.85. The molecule has 0 aromatic heterocycles. The van der Waals surface area contributed by atoms with Gasteiger partial charge in [0.25, 0.3) is 0 Å². The number of carboxylic acids is 1. The van der Waals surface area contributed by atoms with Crippen molar-refractivity contribution in [2.45, 2.75) is 6.42 Å². The van der Waals surface area contributed by atoms with Gasteiger partial charge in [0.05, 0.1) is 0 Å². The van der Waals surface area contributed by atoms with E-state index in [0.717, 1.165) is 12.2 Å². The smallest absolute Gasteiger partial charge is 0.328 e. The number of hydrogen-bond donors (Lipinski definition) is 2. The van der Waals surface area contributed by atoms with E-state index in [-0.39, 0.29) is 18.7 Å². The van der Waals surface area contributed by atoms with Crippen LogP contribution in [0.15, 0.2) is 12.2 Å². The van der Waals surface area contributed by atoms with Crippen LogP contribution in [0.5, 0.6) is 0 Å². The van der Waals surface area contributed by atoms with E-state index in [1.807, 2.05) is 0 Å². The molecule has 0 spiro atoms. The van der Waals surface area contributed by atoms with Gasteiger partial charge in [0.2, 0.25) is 0 Å². The van der Waals surface area contributed by atoms with E-state index in [0.29, 0.717) is 0 Å². The highest BCUT2D eigenvalue weighted by atomic mass is 16.4. The number of hydrogen-bond acceptors (Lipinski definition) is 3. The fraction of sp³-hybridized carbons (Fsp3) is 0.333. The summed E-state index contributed by atoms with van der Waals surface area (Å²) in [4.78, 5) is 20.4. The van der Waals surface area contributed by atoms with Crippen molar-refractivity contribution in [1.82, 2.24) is 0 Å². The minimum absolute atomic E-state index is 0.198. The van der Waals surface area contributed by atoms with E-state index in [4.69, 9.17) is 10.8 Å². The van der Waals surface area contributed by atoms with Crippen molar-refractivity contribution in [3.8, 4) is 0 Å². The first-order valence-corrected chi connectivity index (χ1v) is 2.80. The fourth-order valence-electron chi connectivity index (χ4n) is 0.390. The van der Waals surface area contributed by atoms with Crippen molar-refractivity contribution in [1.29, 1.82) is 0 Å². The highest BCUT2D eigenvalue weighted by molar-refractivity contribution is 5.95. The number of carboxylic acid groups (broad SMARTS) is 1. The summed E-state index contributed by atoms with van der Waals surface area (Å²) < 4.78 is 0.